The summed E-state index contributed by atoms with van der Waals surface area (Å²) in [4.78, 5) is 15.9. The van der Waals surface area contributed by atoms with Crippen LogP contribution in [0.25, 0.3) is 22.0 Å². The lowest BCUT2D eigenvalue weighted by molar-refractivity contribution is -0.139. The zero-order chi connectivity index (χ0) is 21.8. The first kappa shape index (κ1) is 20.9. The molecule has 0 aliphatic carbocycles. The highest BCUT2D eigenvalue weighted by Crippen LogP contribution is 2.35. The Morgan fingerprint density at radius 2 is 1.74 bits per heavy atom. The minimum Gasteiger partial charge on any atom is -0.489 e. The van der Waals surface area contributed by atoms with E-state index in [-0.39, 0.29) is 12.4 Å². The Hall–Kier alpha value is -3.37. The molecule has 31 heavy (non-hydrogen) atoms. The molecule has 0 aliphatic heterocycles. The van der Waals surface area contributed by atoms with Gasteiger partial charge >= 0.3 is 5.97 Å². The Kier molecular flexibility index (Phi) is 6.19. The maximum Gasteiger partial charge on any atom is 0.309 e. The van der Waals surface area contributed by atoms with E-state index < -0.39 is 0 Å². The Morgan fingerprint density at radius 1 is 1.00 bits per heavy atom. The van der Waals surface area contributed by atoms with Crippen LogP contribution in [0, 0.1) is 6.92 Å². The van der Waals surface area contributed by atoms with Gasteiger partial charge in [-0.2, -0.15) is 0 Å². The van der Waals surface area contributed by atoms with Crippen LogP contribution < -0.4 is 4.74 Å². The number of nitrogens with zero attached hydrogens (tertiary/aromatic N) is 1. The lowest BCUT2D eigenvalue weighted by Gasteiger charge is -2.13. The Bertz CT molecular complexity index is 1240. The third-order valence-electron chi connectivity index (χ3n) is 5.17. The van der Waals surface area contributed by atoms with Crippen LogP contribution in [0.5, 0.6) is 5.75 Å². The third-order valence-corrected chi connectivity index (χ3v) is 5.47. The summed E-state index contributed by atoms with van der Waals surface area (Å²) in [6.07, 6.45) is 2.12. The average molecular weight is 432 g/mol. The second kappa shape index (κ2) is 9.19. The Morgan fingerprint density at radius 3 is 2.52 bits per heavy atom. The normalized spacial score (nSPS) is 10.8. The fourth-order valence-corrected chi connectivity index (χ4v) is 3.79. The molecule has 4 rings (SSSR count). The number of benzene rings is 3. The predicted molar refractivity (Wildman–Crippen MR) is 123 cm³/mol. The minimum atomic E-state index is -0.249. The van der Waals surface area contributed by atoms with Crippen molar-refractivity contribution >= 4 is 28.5 Å². The van der Waals surface area contributed by atoms with Crippen LogP contribution in [-0.4, -0.2) is 18.1 Å². The van der Waals surface area contributed by atoms with Gasteiger partial charge in [-0.3, -0.25) is 9.78 Å². The average Bonchev–Trinajstić information content (AvgIpc) is 2.79. The zero-order valence-corrected chi connectivity index (χ0v) is 18.1. The van der Waals surface area contributed by atoms with Gasteiger partial charge in [-0.05, 0) is 52.9 Å². The van der Waals surface area contributed by atoms with Gasteiger partial charge in [0, 0.05) is 11.6 Å². The standard InChI is InChI=1S/C26H22ClNO3/c1-17-15-28-26-22(7-4-8-23(26)27)25(17)20-5-3-6-21(14-20)31-16-19-11-9-18(10-12-19)13-24(29)30-2/h3-12,14-15H,13,16H2,1-2H3. The molecule has 0 fully saturated rings. The SMILES string of the molecule is COC(=O)Cc1ccc(COc2cccc(-c3c(C)cnc4c(Cl)cccc34)c2)cc1. The maximum absolute atomic E-state index is 11.4. The van der Waals surface area contributed by atoms with Gasteiger partial charge in [0.05, 0.1) is 24.1 Å². The monoisotopic (exact) mass is 431 g/mol. The highest BCUT2D eigenvalue weighted by molar-refractivity contribution is 6.35. The number of ether oxygens (including phenoxy) is 2. The summed E-state index contributed by atoms with van der Waals surface area (Å²) in [7, 11) is 1.39. The number of hydrogen-bond acceptors (Lipinski definition) is 4. The molecule has 0 unspecified atom stereocenters. The number of para-hydroxylation sites is 1. The van der Waals surface area contributed by atoms with Crippen LogP contribution in [0.15, 0.2) is 72.9 Å². The summed E-state index contributed by atoms with van der Waals surface area (Å²) in [6, 6.07) is 21.6. The van der Waals surface area contributed by atoms with Crippen molar-refractivity contribution < 1.29 is 14.3 Å². The van der Waals surface area contributed by atoms with Crippen LogP contribution in [0.4, 0.5) is 0 Å². The molecule has 156 valence electrons. The van der Waals surface area contributed by atoms with E-state index in [1.165, 1.54) is 7.11 Å². The number of halogens is 1. The Labute approximate surface area is 186 Å². The van der Waals surface area contributed by atoms with Crippen molar-refractivity contribution in [2.24, 2.45) is 0 Å². The predicted octanol–water partition coefficient (Wildman–Crippen LogP) is 6.16. The number of pyridine rings is 1. The van der Waals surface area contributed by atoms with Gasteiger partial charge in [-0.15, -0.1) is 0 Å². The molecule has 0 saturated carbocycles. The quantitative estimate of drug-likeness (QED) is 0.343. The van der Waals surface area contributed by atoms with Gasteiger partial charge in [-0.25, -0.2) is 0 Å². The van der Waals surface area contributed by atoms with Gasteiger partial charge in [0.25, 0.3) is 0 Å². The van der Waals surface area contributed by atoms with E-state index >= 15 is 0 Å². The first-order chi connectivity index (χ1) is 15.0. The van der Waals surface area contributed by atoms with Crippen LogP contribution >= 0.6 is 11.6 Å². The first-order valence-corrected chi connectivity index (χ1v) is 10.3. The van der Waals surface area contributed by atoms with Crippen molar-refractivity contribution in [3.05, 3.63) is 94.6 Å². The van der Waals surface area contributed by atoms with Crippen LogP contribution in [0.1, 0.15) is 16.7 Å². The van der Waals surface area contributed by atoms with E-state index in [4.69, 9.17) is 21.1 Å². The summed E-state index contributed by atoms with van der Waals surface area (Å²) in [6.45, 7) is 2.48. The maximum atomic E-state index is 11.4. The molecular weight excluding hydrogens is 410 g/mol. The van der Waals surface area contributed by atoms with Crippen molar-refractivity contribution in [3.63, 3.8) is 0 Å². The molecule has 0 amide bonds. The molecule has 0 atom stereocenters. The molecular formula is C26H22ClNO3. The number of esters is 1. The molecule has 1 heterocycles. The van der Waals surface area contributed by atoms with Gasteiger partial charge in [0.15, 0.2) is 0 Å². The summed E-state index contributed by atoms with van der Waals surface area (Å²) >= 11 is 6.35. The third kappa shape index (κ3) is 4.70. The summed E-state index contributed by atoms with van der Waals surface area (Å²) in [5, 5.41) is 1.66. The van der Waals surface area contributed by atoms with Crippen molar-refractivity contribution in [1.29, 1.82) is 0 Å². The van der Waals surface area contributed by atoms with Crippen molar-refractivity contribution in [2.75, 3.05) is 7.11 Å². The van der Waals surface area contributed by atoms with Gasteiger partial charge < -0.3 is 9.47 Å². The van der Waals surface area contributed by atoms with Crippen molar-refractivity contribution in [2.45, 2.75) is 20.0 Å². The van der Waals surface area contributed by atoms with E-state index in [0.29, 0.717) is 11.6 Å². The number of aryl methyl sites for hydroxylation is 1. The molecule has 5 heteroatoms. The molecule has 0 bridgehead atoms. The topological polar surface area (TPSA) is 48.4 Å². The number of hydrogen-bond donors (Lipinski definition) is 0. The number of rotatable bonds is 6. The molecule has 0 N–H and O–H groups in total. The first-order valence-electron chi connectivity index (χ1n) is 9.97. The highest BCUT2D eigenvalue weighted by atomic mass is 35.5. The summed E-state index contributed by atoms with van der Waals surface area (Å²) < 4.78 is 10.7. The molecule has 0 saturated heterocycles. The lowest BCUT2D eigenvalue weighted by Crippen LogP contribution is -2.04. The highest BCUT2D eigenvalue weighted by Gasteiger charge is 2.11. The lowest BCUT2D eigenvalue weighted by atomic mass is 9.97. The fraction of sp³-hybridized carbons (Fsp3) is 0.154. The molecule has 3 aromatic carbocycles. The molecule has 1 aromatic heterocycles. The fourth-order valence-electron chi connectivity index (χ4n) is 3.57. The second-order valence-corrected chi connectivity index (χ2v) is 7.75. The van der Waals surface area contributed by atoms with Gasteiger partial charge in [-0.1, -0.05) is 60.1 Å². The number of methoxy groups -OCH3 is 1. The molecule has 0 radical (unpaired) electrons. The largest absolute Gasteiger partial charge is 0.489 e. The smallest absolute Gasteiger partial charge is 0.309 e. The van der Waals surface area contributed by atoms with Gasteiger partial charge in [0.2, 0.25) is 0 Å². The van der Waals surface area contributed by atoms with E-state index in [2.05, 4.69) is 11.1 Å². The van der Waals surface area contributed by atoms with Crippen LogP contribution in [0.3, 0.4) is 0 Å². The number of fused-ring (bicyclic) bond motifs is 1. The number of carbonyl (C=O) groups is 1. The second-order valence-electron chi connectivity index (χ2n) is 7.34. The summed E-state index contributed by atoms with van der Waals surface area (Å²) in [5.41, 5.74) is 5.96. The molecule has 0 aliphatic rings. The van der Waals surface area contributed by atoms with Crippen molar-refractivity contribution in [1.82, 2.24) is 4.98 Å². The van der Waals surface area contributed by atoms with Gasteiger partial charge in [0.1, 0.15) is 12.4 Å². The minimum absolute atomic E-state index is 0.249. The molecule has 0 spiro atoms. The number of aromatic nitrogens is 1. The van der Waals surface area contributed by atoms with Crippen molar-refractivity contribution in [3.8, 4) is 16.9 Å². The summed E-state index contributed by atoms with van der Waals surface area (Å²) in [5.74, 6) is 0.531. The van der Waals surface area contributed by atoms with E-state index in [1.54, 1.807) is 0 Å². The van der Waals surface area contributed by atoms with E-state index in [1.807, 2.05) is 73.8 Å². The van der Waals surface area contributed by atoms with Crippen LogP contribution in [0.2, 0.25) is 5.02 Å². The number of carbonyl (C=O) groups excluding carboxylic acids is 1. The zero-order valence-electron chi connectivity index (χ0n) is 17.4. The Balaban J connectivity index is 1.55. The van der Waals surface area contributed by atoms with Crippen LogP contribution in [-0.2, 0) is 22.6 Å². The molecule has 4 aromatic rings. The molecule has 4 nitrogen and oxygen atoms in total. The van der Waals surface area contributed by atoms with E-state index in [0.717, 1.165) is 44.5 Å². The van der Waals surface area contributed by atoms with E-state index in [9.17, 15) is 4.79 Å².